The summed E-state index contributed by atoms with van der Waals surface area (Å²) < 4.78 is 10.0. The third-order valence-corrected chi connectivity index (χ3v) is 6.26. The van der Waals surface area contributed by atoms with E-state index in [1.807, 2.05) is 44.6 Å². The zero-order valence-corrected chi connectivity index (χ0v) is 19.8. The monoisotopic (exact) mass is 460 g/mol. The first kappa shape index (κ1) is 22.0. The number of hydrogen-bond acceptors (Lipinski definition) is 8. The van der Waals surface area contributed by atoms with Crippen LogP contribution in [0.2, 0.25) is 0 Å². The van der Waals surface area contributed by atoms with Crippen LogP contribution in [0.15, 0.2) is 24.7 Å². The van der Waals surface area contributed by atoms with E-state index in [-0.39, 0.29) is 12.1 Å². The lowest BCUT2D eigenvalue weighted by Crippen LogP contribution is -2.30. The molecule has 11 nitrogen and oxygen atoms in total. The number of nitriles is 1. The van der Waals surface area contributed by atoms with Crippen LogP contribution in [0.5, 0.6) is 5.75 Å². The van der Waals surface area contributed by atoms with Gasteiger partial charge in [0.2, 0.25) is 0 Å². The Morgan fingerprint density at radius 1 is 1.18 bits per heavy atom. The highest BCUT2D eigenvalue weighted by Gasteiger charge is 2.23. The summed E-state index contributed by atoms with van der Waals surface area (Å²) in [5, 5.41) is 35.2. The number of ether oxygens (including phenoxy) is 1. The smallest absolute Gasteiger partial charge is 0.148 e. The Morgan fingerprint density at radius 3 is 2.68 bits per heavy atom. The standard InChI is InChI=1S/C23H28N10O/c1-14(2)33-27-12-20(29-33)16(4)34-21-9-17(13-31-23(21)18(10-24)11-26-31)22-15(3)32(30-28-22)19-5-7-25-8-6-19/h9,11-14,16,19,25H,5-8H2,1-4H3. The lowest BCUT2D eigenvalue weighted by atomic mass is 10.1. The number of rotatable bonds is 6. The second kappa shape index (κ2) is 8.87. The minimum absolute atomic E-state index is 0.154. The molecule has 11 heteroatoms. The Kier molecular flexibility index (Phi) is 5.75. The first-order chi connectivity index (χ1) is 16.5. The van der Waals surface area contributed by atoms with Crippen LogP contribution in [0.4, 0.5) is 0 Å². The van der Waals surface area contributed by atoms with Gasteiger partial charge in [0.1, 0.15) is 40.4 Å². The molecule has 0 aromatic carbocycles. The number of fused-ring (bicyclic) bond motifs is 1. The summed E-state index contributed by atoms with van der Waals surface area (Å²) in [7, 11) is 0. The maximum absolute atomic E-state index is 9.63. The molecule has 0 amide bonds. The summed E-state index contributed by atoms with van der Waals surface area (Å²) in [4.78, 5) is 1.66. The summed E-state index contributed by atoms with van der Waals surface area (Å²) >= 11 is 0. The molecule has 5 rings (SSSR count). The van der Waals surface area contributed by atoms with E-state index < -0.39 is 0 Å². The fourth-order valence-corrected chi connectivity index (χ4v) is 4.37. The van der Waals surface area contributed by atoms with Gasteiger partial charge in [-0.3, -0.25) is 0 Å². The van der Waals surface area contributed by atoms with Crippen molar-refractivity contribution < 1.29 is 4.74 Å². The third-order valence-electron chi connectivity index (χ3n) is 6.26. The van der Waals surface area contributed by atoms with Gasteiger partial charge in [0.15, 0.2) is 0 Å². The Bertz CT molecular complexity index is 1350. The van der Waals surface area contributed by atoms with Crippen LogP contribution in [-0.4, -0.2) is 52.7 Å². The normalized spacial score (nSPS) is 15.6. The highest BCUT2D eigenvalue weighted by Crippen LogP contribution is 2.34. The molecule has 1 fully saturated rings. The predicted octanol–water partition coefficient (Wildman–Crippen LogP) is 3.01. The van der Waals surface area contributed by atoms with Gasteiger partial charge in [-0.2, -0.15) is 25.4 Å². The van der Waals surface area contributed by atoms with Crippen LogP contribution in [0.1, 0.15) is 68.8 Å². The summed E-state index contributed by atoms with van der Waals surface area (Å²) in [5.41, 5.74) is 4.36. The van der Waals surface area contributed by atoms with Gasteiger partial charge in [0, 0.05) is 11.8 Å². The van der Waals surface area contributed by atoms with Crippen LogP contribution in [-0.2, 0) is 0 Å². The largest absolute Gasteiger partial charge is 0.482 e. The van der Waals surface area contributed by atoms with Crippen molar-refractivity contribution in [2.75, 3.05) is 13.1 Å². The van der Waals surface area contributed by atoms with Crippen molar-refractivity contribution in [3.8, 4) is 23.1 Å². The van der Waals surface area contributed by atoms with E-state index in [0.29, 0.717) is 28.6 Å². The van der Waals surface area contributed by atoms with E-state index in [1.54, 1.807) is 21.7 Å². The molecule has 0 bridgehead atoms. The van der Waals surface area contributed by atoms with Crippen LogP contribution in [0.25, 0.3) is 16.8 Å². The van der Waals surface area contributed by atoms with Crippen LogP contribution < -0.4 is 10.1 Å². The molecule has 1 aliphatic rings. The SMILES string of the molecule is Cc1c(-c2cc(OC(C)c3cnn(C(C)C)n3)c3c(C#N)cnn3c2)nnn1C1CCNCC1. The molecule has 176 valence electrons. The summed E-state index contributed by atoms with van der Waals surface area (Å²) in [6.45, 7) is 9.96. The molecular formula is C23H28N10O. The average Bonchev–Trinajstić information content (AvgIpc) is 3.57. The highest BCUT2D eigenvalue weighted by molar-refractivity contribution is 5.74. The molecule has 5 heterocycles. The number of pyridine rings is 1. The fourth-order valence-electron chi connectivity index (χ4n) is 4.37. The van der Waals surface area contributed by atoms with Gasteiger partial charge < -0.3 is 10.1 Å². The molecule has 1 aliphatic heterocycles. The Labute approximate surface area is 197 Å². The Hall–Kier alpha value is -3.78. The number of aromatic nitrogens is 8. The molecule has 1 N–H and O–H groups in total. The summed E-state index contributed by atoms with van der Waals surface area (Å²) in [6.07, 6.45) is 6.80. The maximum Gasteiger partial charge on any atom is 0.148 e. The van der Waals surface area contributed by atoms with Crippen molar-refractivity contribution in [2.45, 2.75) is 58.7 Å². The summed E-state index contributed by atoms with van der Waals surface area (Å²) in [5.74, 6) is 0.536. The van der Waals surface area contributed by atoms with Gasteiger partial charge in [0.25, 0.3) is 0 Å². The minimum atomic E-state index is -0.375. The Morgan fingerprint density at radius 2 is 1.97 bits per heavy atom. The average molecular weight is 461 g/mol. The van der Waals surface area contributed by atoms with E-state index in [9.17, 15) is 5.26 Å². The van der Waals surface area contributed by atoms with Gasteiger partial charge in [-0.25, -0.2) is 9.20 Å². The second-order valence-electron chi connectivity index (χ2n) is 8.95. The van der Waals surface area contributed by atoms with Gasteiger partial charge in [-0.15, -0.1) is 5.10 Å². The first-order valence-corrected chi connectivity index (χ1v) is 11.6. The predicted molar refractivity (Wildman–Crippen MR) is 124 cm³/mol. The molecule has 4 aromatic rings. The van der Waals surface area contributed by atoms with Gasteiger partial charge in [-0.05, 0) is 59.7 Å². The lowest BCUT2D eigenvalue weighted by molar-refractivity contribution is 0.222. The van der Waals surface area contributed by atoms with Crippen molar-refractivity contribution in [3.05, 3.63) is 41.6 Å². The van der Waals surface area contributed by atoms with Gasteiger partial charge in [-0.1, -0.05) is 5.21 Å². The van der Waals surface area contributed by atoms with Crippen LogP contribution in [0.3, 0.4) is 0 Å². The molecule has 4 aromatic heterocycles. The molecule has 0 aliphatic carbocycles. The number of nitrogens with zero attached hydrogens (tertiary/aromatic N) is 9. The zero-order chi connectivity index (χ0) is 23.8. The lowest BCUT2D eigenvalue weighted by Gasteiger charge is -2.23. The van der Waals surface area contributed by atoms with Gasteiger partial charge >= 0.3 is 0 Å². The Balaban J connectivity index is 1.54. The van der Waals surface area contributed by atoms with E-state index in [2.05, 4.69) is 37.0 Å². The fraction of sp³-hybridized carbons (Fsp3) is 0.478. The molecule has 1 atom stereocenters. The molecular weight excluding hydrogens is 432 g/mol. The molecule has 0 saturated carbocycles. The second-order valence-corrected chi connectivity index (χ2v) is 8.95. The highest BCUT2D eigenvalue weighted by atomic mass is 16.5. The third kappa shape index (κ3) is 3.90. The van der Waals surface area contributed by atoms with Crippen molar-refractivity contribution in [1.29, 1.82) is 5.26 Å². The van der Waals surface area contributed by atoms with Crippen LogP contribution in [0, 0.1) is 18.3 Å². The minimum Gasteiger partial charge on any atom is -0.482 e. The van der Waals surface area contributed by atoms with Crippen molar-refractivity contribution in [2.24, 2.45) is 0 Å². The van der Waals surface area contributed by atoms with E-state index >= 15 is 0 Å². The topological polar surface area (TPSA) is 124 Å². The molecule has 1 saturated heterocycles. The maximum atomic E-state index is 9.63. The van der Waals surface area contributed by atoms with Crippen LogP contribution >= 0.6 is 0 Å². The quantitative estimate of drug-likeness (QED) is 0.466. The van der Waals surface area contributed by atoms with Crippen molar-refractivity contribution in [3.63, 3.8) is 0 Å². The first-order valence-electron chi connectivity index (χ1n) is 11.6. The zero-order valence-electron chi connectivity index (χ0n) is 19.8. The number of hydrogen-bond donors (Lipinski definition) is 1. The number of nitrogens with one attached hydrogen (secondary N) is 1. The van der Waals surface area contributed by atoms with Gasteiger partial charge in [0.05, 0.1) is 30.2 Å². The van der Waals surface area contributed by atoms with E-state index in [0.717, 1.165) is 42.9 Å². The number of piperidine rings is 1. The molecule has 0 radical (unpaired) electrons. The van der Waals surface area contributed by atoms with Crippen molar-refractivity contribution >= 4 is 5.52 Å². The molecule has 1 unspecified atom stereocenters. The van der Waals surface area contributed by atoms with E-state index in [4.69, 9.17) is 4.74 Å². The summed E-state index contributed by atoms with van der Waals surface area (Å²) in [6, 6.07) is 4.60. The molecule has 0 spiro atoms. The van der Waals surface area contributed by atoms with Crippen molar-refractivity contribution in [1.82, 2.24) is 44.9 Å². The van der Waals surface area contributed by atoms with E-state index in [1.165, 1.54) is 0 Å². The molecule has 34 heavy (non-hydrogen) atoms.